The predicted molar refractivity (Wildman–Crippen MR) is 79.6 cm³/mol. The molecule has 0 saturated heterocycles. The van der Waals surface area contributed by atoms with Crippen LogP contribution in [-0.4, -0.2) is 42.6 Å². The summed E-state index contributed by atoms with van der Waals surface area (Å²) in [6.07, 6.45) is 0. The van der Waals surface area contributed by atoms with E-state index in [0.29, 0.717) is 31.1 Å². The van der Waals surface area contributed by atoms with Crippen molar-refractivity contribution in [2.45, 2.75) is 26.7 Å². The predicted octanol–water partition coefficient (Wildman–Crippen LogP) is 1.60. The molecule has 0 bridgehead atoms. The summed E-state index contributed by atoms with van der Waals surface area (Å²) in [5.41, 5.74) is 3.92. The zero-order chi connectivity index (χ0) is 15.1. The van der Waals surface area contributed by atoms with E-state index in [2.05, 4.69) is 10.4 Å². The van der Waals surface area contributed by atoms with E-state index in [-0.39, 0.29) is 11.8 Å². The third kappa shape index (κ3) is 4.47. The molecule has 1 aromatic rings. The van der Waals surface area contributed by atoms with Crippen LogP contribution in [0.2, 0.25) is 0 Å². The topological polar surface area (TPSA) is 80.5 Å². The zero-order valence-electron chi connectivity index (χ0n) is 12.6. The SMILES string of the molecule is CCOCCN(C)C(=O)c1cc(NN)nc(C(C)C)c1. The van der Waals surface area contributed by atoms with Crippen molar-refractivity contribution in [2.75, 3.05) is 32.2 Å². The highest BCUT2D eigenvalue weighted by atomic mass is 16.5. The van der Waals surface area contributed by atoms with Gasteiger partial charge in [-0.05, 0) is 25.0 Å². The van der Waals surface area contributed by atoms with Crippen LogP contribution in [0.15, 0.2) is 12.1 Å². The summed E-state index contributed by atoms with van der Waals surface area (Å²) >= 11 is 0. The third-order valence-electron chi connectivity index (χ3n) is 2.95. The van der Waals surface area contributed by atoms with Crippen molar-refractivity contribution in [3.05, 3.63) is 23.4 Å². The van der Waals surface area contributed by atoms with Crippen LogP contribution in [0.4, 0.5) is 5.82 Å². The second-order valence-electron chi connectivity index (χ2n) is 4.89. The highest BCUT2D eigenvalue weighted by Gasteiger charge is 2.15. The Morgan fingerprint density at radius 2 is 2.20 bits per heavy atom. The number of ether oxygens (including phenoxy) is 1. The van der Waals surface area contributed by atoms with Gasteiger partial charge in [0.2, 0.25) is 0 Å². The van der Waals surface area contributed by atoms with Crippen LogP contribution in [0.1, 0.15) is 42.7 Å². The summed E-state index contributed by atoms with van der Waals surface area (Å²) in [6.45, 7) is 7.71. The first kappa shape index (κ1) is 16.4. The molecular formula is C14H24N4O2. The smallest absolute Gasteiger partial charge is 0.253 e. The lowest BCUT2D eigenvalue weighted by molar-refractivity contribution is 0.0710. The average molecular weight is 280 g/mol. The highest BCUT2D eigenvalue weighted by Crippen LogP contribution is 2.18. The molecule has 3 N–H and O–H groups in total. The first-order valence-corrected chi connectivity index (χ1v) is 6.81. The van der Waals surface area contributed by atoms with Gasteiger partial charge in [0.05, 0.1) is 6.61 Å². The molecular weight excluding hydrogens is 256 g/mol. The van der Waals surface area contributed by atoms with E-state index < -0.39 is 0 Å². The summed E-state index contributed by atoms with van der Waals surface area (Å²) in [6, 6.07) is 3.47. The van der Waals surface area contributed by atoms with Gasteiger partial charge in [-0.3, -0.25) is 4.79 Å². The van der Waals surface area contributed by atoms with E-state index >= 15 is 0 Å². The van der Waals surface area contributed by atoms with Crippen LogP contribution in [0.25, 0.3) is 0 Å². The number of hydrazine groups is 1. The number of carbonyl (C=O) groups is 1. The molecule has 1 heterocycles. The van der Waals surface area contributed by atoms with Crippen LogP contribution < -0.4 is 11.3 Å². The fraction of sp³-hybridized carbons (Fsp3) is 0.571. The van der Waals surface area contributed by atoms with Gasteiger partial charge in [-0.1, -0.05) is 13.8 Å². The molecule has 0 radical (unpaired) electrons. The Labute approximate surface area is 120 Å². The third-order valence-corrected chi connectivity index (χ3v) is 2.95. The Bertz CT molecular complexity index is 449. The average Bonchev–Trinajstić information content (AvgIpc) is 2.45. The molecule has 6 nitrogen and oxygen atoms in total. The summed E-state index contributed by atoms with van der Waals surface area (Å²) in [5.74, 6) is 6.06. The summed E-state index contributed by atoms with van der Waals surface area (Å²) in [5, 5.41) is 0. The molecule has 0 atom stereocenters. The number of nitrogens with two attached hydrogens (primary N) is 1. The van der Waals surface area contributed by atoms with Gasteiger partial charge in [-0.25, -0.2) is 10.8 Å². The van der Waals surface area contributed by atoms with Crippen LogP contribution in [0.3, 0.4) is 0 Å². The van der Waals surface area contributed by atoms with Crippen molar-refractivity contribution < 1.29 is 9.53 Å². The maximum absolute atomic E-state index is 12.4. The number of likely N-dealkylation sites (N-methyl/N-ethyl adjacent to an activating group) is 1. The number of rotatable bonds is 7. The van der Waals surface area contributed by atoms with Crippen LogP contribution >= 0.6 is 0 Å². The van der Waals surface area contributed by atoms with E-state index in [0.717, 1.165) is 5.69 Å². The molecule has 1 rings (SSSR count). The van der Waals surface area contributed by atoms with E-state index in [9.17, 15) is 4.79 Å². The first-order chi connectivity index (χ1) is 9.49. The second-order valence-corrected chi connectivity index (χ2v) is 4.89. The van der Waals surface area contributed by atoms with Crippen LogP contribution in [0.5, 0.6) is 0 Å². The van der Waals surface area contributed by atoms with Crippen molar-refractivity contribution >= 4 is 11.7 Å². The number of nitrogens with one attached hydrogen (secondary N) is 1. The molecule has 0 aliphatic rings. The summed E-state index contributed by atoms with van der Waals surface area (Å²) in [4.78, 5) is 18.3. The number of anilines is 1. The number of hydrogen-bond acceptors (Lipinski definition) is 5. The largest absolute Gasteiger partial charge is 0.380 e. The number of pyridine rings is 1. The molecule has 0 unspecified atom stereocenters. The lowest BCUT2D eigenvalue weighted by Crippen LogP contribution is -2.30. The quantitative estimate of drug-likeness (QED) is 0.450. The summed E-state index contributed by atoms with van der Waals surface area (Å²) in [7, 11) is 1.76. The normalized spacial score (nSPS) is 10.7. The summed E-state index contributed by atoms with van der Waals surface area (Å²) < 4.78 is 5.26. The highest BCUT2D eigenvalue weighted by molar-refractivity contribution is 5.94. The van der Waals surface area contributed by atoms with Gasteiger partial charge in [-0.15, -0.1) is 0 Å². The van der Waals surface area contributed by atoms with Crippen molar-refractivity contribution in [3.8, 4) is 0 Å². The number of hydrogen-bond donors (Lipinski definition) is 2. The molecule has 0 spiro atoms. The van der Waals surface area contributed by atoms with E-state index in [4.69, 9.17) is 10.6 Å². The van der Waals surface area contributed by atoms with Crippen molar-refractivity contribution in [3.63, 3.8) is 0 Å². The standard InChI is InChI=1S/C14H24N4O2/c1-5-20-7-6-18(4)14(19)11-8-12(10(2)3)16-13(9-11)17-15/h8-10H,5-7,15H2,1-4H3,(H,16,17). The Morgan fingerprint density at radius 1 is 1.50 bits per heavy atom. The molecule has 1 amide bonds. The fourth-order valence-corrected chi connectivity index (χ4v) is 1.71. The molecule has 0 saturated carbocycles. The van der Waals surface area contributed by atoms with Crippen LogP contribution in [0, 0.1) is 0 Å². The molecule has 112 valence electrons. The first-order valence-electron chi connectivity index (χ1n) is 6.81. The Balaban J connectivity index is 2.88. The number of nitrogens with zero attached hydrogens (tertiary/aromatic N) is 2. The van der Waals surface area contributed by atoms with Gasteiger partial charge in [0.15, 0.2) is 0 Å². The minimum absolute atomic E-state index is 0.0643. The molecule has 0 aromatic carbocycles. The zero-order valence-corrected chi connectivity index (χ0v) is 12.6. The number of nitrogen functional groups attached to an aromatic ring is 1. The Morgan fingerprint density at radius 3 is 2.75 bits per heavy atom. The van der Waals surface area contributed by atoms with Gasteiger partial charge in [0.1, 0.15) is 5.82 Å². The van der Waals surface area contributed by atoms with Gasteiger partial charge < -0.3 is 15.1 Å². The van der Waals surface area contributed by atoms with Gasteiger partial charge >= 0.3 is 0 Å². The van der Waals surface area contributed by atoms with E-state index in [1.54, 1.807) is 18.0 Å². The minimum atomic E-state index is -0.0643. The molecule has 6 heteroatoms. The fourth-order valence-electron chi connectivity index (χ4n) is 1.71. The maximum atomic E-state index is 12.4. The lowest BCUT2D eigenvalue weighted by Gasteiger charge is -2.18. The molecule has 1 aromatic heterocycles. The van der Waals surface area contributed by atoms with E-state index in [1.807, 2.05) is 26.8 Å². The van der Waals surface area contributed by atoms with Crippen molar-refractivity contribution in [1.82, 2.24) is 9.88 Å². The second kappa shape index (κ2) is 7.81. The van der Waals surface area contributed by atoms with Gasteiger partial charge in [0.25, 0.3) is 5.91 Å². The maximum Gasteiger partial charge on any atom is 0.253 e. The van der Waals surface area contributed by atoms with Gasteiger partial charge in [0, 0.05) is 31.5 Å². The Kier molecular flexibility index (Phi) is 6.41. The minimum Gasteiger partial charge on any atom is -0.380 e. The Hall–Kier alpha value is -1.66. The molecule has 20 heavy (non-hydrogen) atoms. The van der Waals surface area contributed by atoms with Crippen molar-refractivity contribution in [1.29, 1.82) is 0 Å². The monoisotopic (exact) mass is 280 g/mol. The van der Waals surface area contributed by atoms with Crippen LogP contribution in [-0.2, 0) is 4.74 Å². The van der Waals surface area contributed by atoms with E-state index in [1.165, 1.54) is 0 Å². The number of carbonyl (C=O) groups excluding carboxylic acids is 1. The van der Waals surface area contributed by atoms with Gasteiger partial charge in [-0.2, -0.15) is 0 Å². The number of aromatic nitrogens is 1. The molecule has 0 aliphatic heterocycles. The molecule has 0 fully saturated rings. The lowest BCUT2D eigenvalue weighted by atomic mass is 10.1. The molecule has 0 aliphatic carbocycles. The van der Waals surface area contributed by atoms with Crippen molar-refractivity contribution in [2.24, 2.45) is 5.84 Å². The number of amides is 1.